The molecule has 1 fully saturated rings. The van der Waals surface area contributed by atoms with E-state index < -0.39 is 0 Å². The van der Waals surface area contributed by atoms with Crippen LogP contribution >= 0.6 is 0 Å². The Morgan fingerprint density at radius 1 is 1.36 bits per heavy atom. The summed E-state index contributed by atoms with van der Waals surface area (Å²) < 4.78 is 10.8. The van der Waals surface area contributed by atoms with Gasteiger partial charge in [-0.15, -0.1) is 0 Å². The number of H-pyrrole nitrogens is 1. The largest absolute Gasteiger partial charge is 0.477 e. The van der Waals surface area contributed by atoms with Crippen molar-refractivity contribution >= 4 is 0 Å². The van der Waals surface area contributed by atoms with Crippen LogP contribution in [-0.4, -0.2) is 31.9 Å². The molecule has 0 aliphatic heterocycles. The van der Waals surface area contributed by atoms with Crippen molar-refractivity contribution in [3.63, 3.8) is 0 Å². The zero-order valence-electron chi connectivity index (χ0n) is 12.1. The number of rotatable bonds is 5. The molecule has 0 unspecified atom stereocenters. The number of nitrogens with one attached hydrogen (secondary N) is 1. The van der Waals surface area contributed by atoms with Gasteiger partial charge < -0.3 is 9.26 Å². The molecule has 3 aromatic heterocycles. The number of nitrogens with zero attached hydrogens (tertiary/aromatic N) is 4. The average molecular weight is 297 g/mol. The van der Waals surface area contributed by atoms with E-state index in [0.717, 1.165) is 17.9 Å². The van der Waals surface area contributed by atoms with E-state index in [1.54, 1.807) is 6.20 Å². The Kier molecular flexibility index (Phi) is 3.10. The van der Waals surface area contributed by atoms with Crippen LogP contribution < -0.4 is 4.74 Å². The van der Waals surface area contributed by atoms with Gasteiger partial charge in [-0.05, 0) is 37.8 Å². The van der Waals surface area contributed by atoms with Gasteiger partial charge in [0.15, 0.2) is 5.69 Å². The lowest BCUT2D eigenvalue weighted by Crippen LogP contribution is -2.00. The molecule has 3 aromatic rings. The van der Waals surface area contributed by atoms with Gasteiger partial charge >= 0.3 is 0 Å². The van der Waals surface area contributed by atoms with Gasteiger partial charge in [-0.25, -0.2) is 4.98 Å². The first kappa shape index (κ1) is 13.0. The quantitative estimate of drug-likeness (QED) is 0.778. The second kappa shape index (κ2) is 5.25. The number of hydrogen-bond acceptors (Lipinski definition) is 6. The van der Waals surface area contributed by atoms with Gasteiger partial charge in [-0.3, -0.25) is 5.10 Å². The SMILES string of the molecule is Cc1cc(-c2nc(-c3ccc(OCC4CC4)nc3)no2)n[nH]1. The number of aryl methyl sites for hydroxylation is 1. The molecule has 0 aromatic carbocycles. The maximum absolute atomic E-state index is 5.61. The summed E-state index contributed by atoms with van der Waals surface area (Å²) in [5, 5.41) is 10.9. The molecule has 7 heteroatoms. The fraction of sp³-hybridized carbons (Fsp3) is 0.333. The Balaban J connectivity index is 1.50. The summed E-state index contributed by atoms with van der Waals surface area (Å²) in [5.41, 5.74) is 2.35. The van der Waals surface area contributed by atoms with Gasteiger partial charge in [0.1, 0.15) is 0 Å². The van der Waals surface area contributed by atoms with Crippen molar-refractivity contribution < 1.29 is 9.26 Å². The topological polar surface area (TPSA) is 89.7 Å². The fourth-order valence-electron chi connectivity index (χ4n) is 2.06. The summed E-state index contributed by atoms with van der Waals surface area (Å²) >= 11 is 0. The highest BCUT2D eigenvalue weighted by molar-refractivity contribution is 5.57. The first-order valence-corrected chi connectivity index (χ1v) is 7.23. The maximum Gasteiger partial charge on any atom is 0.278 e. The first-order valence-electron chi connectivity index (χ1n) is 7.23. The van der Waals surface area contributed by atoms with Crippen LogP contribution in [0.15, 0.2) is 28.9 Å². The molecule has 7 nitrogen and oxygen atoms in total. The number of aromatic amines is 1. The van der Waals surface area contributed by atoms with Crippen LogP contribution in [0.2, 0.25) is 0 Å². The predicted molar refractivity (Wildman–Crippen MR) is 78.1 cm³/mol. The Bertz CT molecular complexity index is 773. The summed E-state index contributed by atoms with van der Waals surface area (Å²) in [7, 11) is 0. The highest BCUT2D eigenvalue weighted by Crippen LogP contribution is 2.29. The normalized spacial score (nSPS) is 14.2. The van der Waals surface area contributed by atoms with Crippen LogP contribution in [0.5, 0.6) is 5.88 Å². The Hall–Kier alpha value is -2.70. The Morgan fingerprint density at radius 3 is 2.95 bits per heavy atom. The van der Waals surface area contributed by atoms with Crippen LogP contribution in [-0.2, 0) is 0 Å². The molecule has 1 N–H and O–H groups in total. The van der Waals surface area contributed by atoms with Crippen molar-refractivity contribution in [2.75, 3.05) is 6.61 Å². The van der Waals surface area contributed by atoms with Gasteiger partial charge in [0.2, 0.25) is 11.7 Å². The number of pyridine rings is 1. The Labute approximate surface area is 126 Å². The van der Waals surface area contributed by atoms with Crippen LogP contribution in [0.3, 0.4) is 0 Å². The Morgan fingerprint density at radius 2 is 2.27 bits per heavy atom. The smallest absolute Gasteiger partial charge is 0.278 e. The molecule has 1 aliphatic carbocycles. The highest BCUT2D eigenvalue weighted by Gasteiger charge is 2.22. The second-order valence-electron chi connectivity index (χ2n) is 5.50. The van der Waals surface area contributed by atoms with Crippen LogP contribution in [0.25, 0.3) is 23.0 Å². The van der Waals surface area contributed by atoms with Crippen LogP contribution in [0, 0.1) is 12.8 Å². The van der Waals surface area contributed by atoms with Crippen molar-refractivity contribution in [2.45, 2.75) is 19.8 Å². The summed E-state index contributed by atoms with van der Waals surface area (Å²) in [5.74, 6) is 2.20. The van der Waals surface area contributed by atoms with Gasteiger partial charge in [0.25, 0.3) is 5.89 Å². The molecule has 1 aliphatic rings. The van der Waals surface area contributed by atoms with Crippen molar-refractivity contribution in [2.24, 2.45) is 5.92 Å². The molecular weight excluding hydrogens is 282 g/mol. The van der Waals surface area contributed by atoms with E-state index in [1.165, 1.54) is 12.8 Å². The fourth-order valence-corrected chi connectivity index (χ4v) is 2.06. The molecule has 0 atom stereocenters. The minimum Gasteiger partial charge on any atom is -0.477 e. The van der Waals surface area contributed by atoms with E-state index in [4.69, 9.17) is 9.26 Å². The molecule has 1 saturated carbocycles. The van der Waals surface area contributed by atoms with Crippen molar-refractivity contribution in [1.82, 2.24) is 25.3 Å². The molecule has 112 valence electrons. The molecule has 0 amide bonds. The summed E-state index contributed by atoms with van der Waals surface area (Å²) in [6, 6.07) is 5.55. The minimum atomic E-state index is 0.383. The first-order chi connectivity index (χ1) is 10.8. The molecule has 3 heterocycles. The highest BCUT2D eigenvalue weighted by atomic mass is 16.5. The third-order valence-electron chi connectivity index (χ3n) is 3.51. The van der Waals surface area contributed by atoms with Crippen molar-refractivity contribution in [3.8, 4) is 28.9 Å². The third-order valence-corrected chi connectivity index (χ3v) is 3.51. The van der Waals surface area contributed by atoms with Crippen molar-refractivity contribution in [3.05, 3.63) is 30.1 Å². The van der Waals surface area contributed by atoms with E-state index in [9.17, 15) is 0 Å². The molecule has 0 saturated heterocycles. The maximum atomic E-state index is 5.61. The summed E-state index contributed by atoms with van der Waals surface area (Å²) in [6.07, 6.45) is 4.21. The van der Waals surface area contributed by atoms with Gasteiger partial charge in [-0.1, -0.05) is 5.16 Å². The van der Waals surface area contributed by atoms with Gasteiger partial charge in [-0.2, -0.15) is 10.1 Å². The zero-order chi connectivity index (χ0) is 14.9. The molecule has 22 heavy (non-hydrogen) atoms. The third kappa shape index (κ3) is 2.69. The zero-order valence-corrected chi connectivity index (χ0v) is 12.1. The monoisotopic (exact) mass is 297 g/mol. The van der Waals surface area contributed by atoms with E-state index in [0.29, 0.717) is 29.2 Å². The number of hydrogen-bond donors (Lipinski definition) is 1. The number of ether oxygens (including phenoxy) is 1. The summed E-state index contributed by atoms with van der Waals surface area (Å²) in [4.78, 5) is 8.61. The van der Waals surface area contributed by atoms with Crippen LogP contribution in [0.1, 0.15) is 18.5 Å². The van der Waals surface area contributed by atoms with Gasteiger partial charge in [0, 0.05) is 23.5 Å². The lowest BCUT2D eigenvalue weighted by molar-refractivity contribution is 0.288. The van der Waals surface area contributed by atoms with Crippen LogP contribution in [0.4, 0.5) is 0 Å². The predicted octanol–water partition coefficient (Wildman–Crippen LogP) is 2.62. The molecule has 4 rings (SSSR count). The van der Waals surface area contributed by atoms with E-state index in [2.05, 4.69) is 25.3 Å². The molecule has 0 radical (unpaired) electrons. The van der Waals surface area contributed by atoms with E-state index in [1.807, 2.05) is 25.1 Å². The standard InChI is InChI=1S/C15H15N5O2/c1-9-6-12(19-18-9)15-17-14(20-22-15)11-4-5-13(16-7-11)21-8-10-2-3-10/h4-7,10H,2-3,8H2,1H3,(H,18,19). The molecular formula is C15H15N5O2. The second-order valence-corrected chi connectivity index (χ2v) is 5.50. The average Bonchev–Trinajstić information content (AvgIpc) is 3.05. The molecule has 0 bridgehead atoms. The van der Waals surface area contributed by atoms with Crippen molar-refractivity contribution in [1.29, 1.82) is 0 Å². The molecule has 0 spiro atoms. The lowest BCUT2D eigenvalue weighted by atomic mass is 10.3. The van der Waals surface area contributed by atoms with E-state index in [-0.39, 0.29) is 0 Å². The number of aromatic nitrogens is 5. The summed E-state index contributed by atoms with van der Waals surface area (Å²) in [6.45, 7) is 2.66. The van der Waals surface area contributed by atoms with E-state index >= 15 is 0 Å². The van der Waals surface area contributed by atoms with Gasteiger partial charge in [0.05, 0.1) is 6.61 Å². The minimum absolute atomic E-state index is 0.383. The lowest BCUT2D eigenvalue weighted by Gasteiger charge is -2.03.